The fourth-order valence-corrected chi connectivity index (χ4v) is 2.56. The number of nitrogens with zero attached hydrogens (tertiary/aromatic N) is 3. The van der Waals surface area contributed by atoms with Gasteiger partial charge in [-0.1, -0.05) is 35.5 Å². The molecule has 0 bridgehead atoms. The van der Waals surface area contributed by atoms with Crippen LogP contribution in [0, 0.1) is 6.92 Å². The van der Waals surface area contributed by atoms with Crippen LogP contribution in [0.25, 0.3) is 11.3 Å². The van der Waals surface area contributed by atoms with Crippen molar-refractivity contribution in [1.29, 1.82) is 0 Å². The monoisotopic (exact) mass is 286 g/mol. The van der Waals surface area contributed by atoms with E-state index in [0.717, 1.165) is 22.9 Å². The zero-order chi connectivity index (χ0) is 13.8. The lowest BCUT2D eigenvalue weighted by Gasteiger charge is -1.99. The topological polar surface area (TPSA) is 63.8 Å². The average Bonchev–Trinajstić information content (AvgIpc) is 3.09. The van der Waals surface area contributed by atoms with Gasteiger partial charge in [-0.3, -0.25) is 0 Å². The second-order valence-corrected chi connectivity index (χ2v) is 5.17. The van der Waals surface area contributed by atoms with Crippen molar-refractivity contribution in [2.45, 2.75) is 13.3 Å². The van der Waals surface area contributed by atoms with Crippen LogP contribution in [0.4, 0.5) is 5.13 Å². The SMILES string of the molecule is Cc1noc(CCNc2nc(-c3ccccc3)cs2)n1. The summed E-state index contributed by atoms with van der Waals surface area (Å²) in [6, 6.07) is 10.1. The molecule has 0 saturated heterocycles. The molecule has 0 amide bonds. The van der Waals surface area contributed by atoms with Gasteiger partial charge in [0.15, 0.2) is 11.0 Å². The maximum atomic E-state index is 5.06. The van der Waals surface area contributed by atoms with Crippen LogP contribution < -0.4 is 5.32 Å². The van der Waals surface area contributed by atoms with Gasteiger partial charge in [-0.05, 0) is 6.92 Å². The summed E-state index contributed by atoms with van der Waals surface area (Å²) in [6.45, 7) is 2.54. The van der Waals surface area contributed by atoms with Crippen LogP contribution >= 0.6 is 11.3 Å². The number of hydrogen-bond donors (Lipinski definition) is 1. The van der Waals surface area contributed by atoms with Gasteiger partial charge in [-0.25, -0.2) is 4.98 Å². The van der Waals surface area contributed by atoms with Crippen molar-refractivity contribution in [3.63, 3.8) is 0 Å². The minimum atomic E-state index is 0.648. The molecule has 0 unspecified atom stereocenters. The molecule has 0 radical (unpaired) electrons. The molecule has 2 heterocycles. The first-order chi connectivity index (χ1) is 9.81. The van der Waals surface area contributed by atoms with E-state index < -0.39 is 0 Å². The second kappa shape index (κ2) is 5.83. The predicted molar refractivity (Wildman–Crippen MR) is 78.8 cm³/mol. The third kappa shape index (κ3) is 3.03. The molecule has 102 valence electrons. The molecule has 5 nitrogen and oxygen atoms in total. The second-order valence-electron chi connectivity index (χ2n) is 4.32. The Morgan fingerprint density at radius 3 is 2.80 bits per heavy atom. The Morgan fingerprint density at radius 2 is 2.05 bits per heavy atom. The van der Waals surface area contributed by atoms with Crippen molar-refractivity contribution in [2.24, 2.45) is 0 Å². The minimum Gasteiger partial charge on any atom is -0.361 e. The fraction of sp³-hybridized carbons (Fsp3) is 0.214. The normalized spacial score (nSPS) is 10.7. The summed E-state index contributed by atoms with van der Waals surface area (Å²) in [6.07, 6.45) is 0.696. The molecule has 3 aromatic rings. The van der Waals surface area contributed by atoms with Crippen LogP contribution in [0.3, 0.4) is 0 Å². The zero-order valence-electron chi connectivity index (χ0n) is 11.0. The number of nitrogens with one attached hydrogen (secondary N) is 1. The Kier molecular flexibility index (Phi) is 3.73. The van der Waals surface area contributed by atoms with Crippen LogP contribution in [0.1, 0.15) is 11.7 Å². The third-order valence-electron chi connectivity index (χ3n) is 2.76. The van der Waals surface area contributed by atoms with E-state index in [1.807, 2.05) is 25.1 Å². The molecule has 6 heteroatoms. The van der Waals surface area contributed by atoms with Crippen molar-refractivity contribution in [2.75, 3.05) is 11.9 Å². The van der Waals surface area contributed by atoms with Gasteiger partial charge < -0.3 is 9.84 Å². The summed E-state index contributed by atoms with van der Waals surface area (Å²) in [4.78, 5) is 8.72. The molecule has 0 fully saturated rings. The van der Waals surface area contributed by atoms with Gasteiger partial charge in [0.1, 0.15) is 0 Å². The van der Waals surface area contributed by atoms with E-state index in [2.05, 4.69) is 38.0 Å². The summed E-state index contributed by atoms with van der Waals surface area (Å²) in [5.74, 6) is 1.32. The van der Waals surface area contributed by atoms with Gasteiger partial charge in [0, 0.05) is 23.9 Å². The molecule has 3 rings (SSSR count). The van der Waals surface area contributed by atoms with E-state index >= 15 is 0 Å². The summed E-state index contributed by atoms with van der Waals surface area (Å²) >= 11 is 1.60. The number of aryl methyl sites for hydroxylation is 1. The molecule has 0 spiro atoms. The van der Waals surface area contributed by atoms with Crippen LogP contribution in [-0.2, 0) is 6.42 Å². The number of rotatable bonds is 5. The first-order valence-corrected chi connectivity index (χ1v) is 7.23. The summed E-state index contributed by atoms with van der Waals surface area (Å²) in [5, 5.41) is 9.98. The van der Waals surface area contributed by atoms with Crippen molar-refractivity contribution in [3.05, 3.63) is 47.4 Å². The molecule has 0 aliphatic heterocycles. The lowest BCUT2D eigenvalue weighted by Crippen LogP contribution is -2.04. The highest BCUT2D eigenvalue weighted by Crippen LogP contribution is 2.24. The first kappa shape index (κ1) is 12.8. The van der Waals surface area contributed by atoms with Gasteiger partial charge in [0.2, 0.25) is 5.89 Å². The van der Waals surface area contributed by atoms with Crippen molar-refractivity contribution in [1.82, 2.24) is 15.1 Å². The Morgan fingerprint density at radius 1 is 1.20 bits per heavy atom. The van der Waals surface area contributed by atoms with E-state index in [-0.39, 0.29) is 0 Å². The number of hydrogen-bond acceptors (Lipinski definition) is 6. The molecule has 0 atom stereocenters. The smallest absolute Gasteiger partial charge is 0.228 e. The zero-order valence-corrected chi connectivity index (χ0v) is 11.9. The van der Waals surface area contributed by atoms with Crippen LogP contribution in [0.2, 0.25) is 0 Å². The maximum absolute atomic E-state index is 5.06. The molecule has 0 saturated carbocycles. The highest BCUT2D eigenvalue weighted by atomic mass is 32.1. The Bertz CT molecular complexity index is 677. The lowest BCUT2D eigenvalue weighted by atomic mass is 10.2. The highest BCUT2D eigenvalue weighted by Gasteiger charge is 2.05. The van der Waals surface area contributed by atoms with Gasteiger partial charge >= 0.3 is 0 Å². The summed E-state index contributed by atoms with van der Waals surface area (Å²) in [5.41, 5.74) is 2.12. The number of thiazole rings is 1. The summed E-state index contributed by atoms with van der Waals surface area (Å²) in [7, 11) is 0. The van der Waals surface area contributed by atoms with Crippen molar-refractivity contribution >= 4 is 16.5 Å². The largest absolute Gasteiger partial charge is 0.361 e. The standard InChI is InChI=1S/C14H14N4OS/c1-10-16-13(19-18-10)7-8-15-14-17-12(9-20-14)11-5-3-2-4-6-11/h2-6,9H,7-8H2,1H3,(H,15,17). The fourth-order valence-electron chi connectivity index (χ4n) is 1.81. The van der Waals surface area contributed by atoms with Crippen LogP contribution in [-0.4, -0.2) is 21.7 Å². The van der Waals surface area contributed by atoms with Crippen molar-refractivity contribution < 1.29 is 4.52 Å². The highest BCUT2D eigenvalue weighted by molar-refractivity contribution is 7.14. The molecule has 1 N–H and O–H groups in total. The maximum Gasteiger partial charge on any atom is 0.228 e. The van der Waals surface area contributed by atoms with Crippen molar-refractivity contribution in [3.8, 4) is 11.3 Å². The minimum absolute atomic E-state index is 0.648. The molecular weight excluding hydrogens is 272 g/mol. The number of anilines is 1. The Balaban J connectivity index is 1.58. The Labute approximate surface area is 120 Å². The van der Waals surface area contributed by atoms with Gasteiger partial charge in [0.25, 0.3) is 0 Å². The Hall–Kier alpha value is -2.21. The third-order valence-corrected chi connectivity index (χ3v) is 3.56. The molecular formula is C14H14N4OS. The molecule has 20 heavy (non-hydrogen) atoms. The van der Waals surface area contributed by atoms with E-state index in [4.69, 9.17) is 4.52 Å². The number of aromatic nitrogens is 3. The van der Waals surface area contributed by atoms with Gasteiger partial charge in [-0.2, -0.15) is 4.98 Å². The number of benzene rings is 1. The van der Waals surface area contributed by atoms with E-state index in [0.29, 0.717) is 18.1 Å². The van der Waals surface area contributed by atoms with Crippen LogP contribution in [0.15, 0.2) is 40.2 Å². The van der Waals surface area contributed by atoms with E-state index in [1.54, 1.807) is 11.3 Å². The lowest BCUT2D eigenvalue weighted by molar-refractivity contribution is 0.377. The molecule has 0 aliphatic rings. The molecule has 1 aromatic carbocycles. The van der Waals surface area contributed by atoms with Crippen LogP contribution in [0.5, 0.6) is 0 Å². The van der Waals surface area contributed by atoms with Gasteiger partial charge in [-0.15, -0.1) is 11.3 Å². The average molecular weight is 286 g/mol. The van der Waals surface area contributed by atoms with Gasteiger partial charge in [0.05, 0.1) is 5.69 Å². The first-order valence-electron chi connectivity index (χ1n) is 6.35. The van der Waals surface area contributed by atoms with E-state index in [9.17, 15) is 0 Å². The van der Waals surface area contributed by atoms with E-state index in [1.165, 1.54) is 0 Å². The molecule has 2 aromatic heterocycles. The quantitative estimate of drug-likeness (QED) is 0.780. The molecule has 0 aliphatic carbocycles. The summed E-state index contributed by atoms with van der Waals surface area (Å²) < 4.78 is 5.06. The predicted octanol–water partition coefficient (Wildman–Crippen LogP) is 3.16.